The monoisotopic (exact) mass is 251 g/mol. The number of rotatable bonds is 4. The fraction of sp³-hybridized carbons (Fsp3) is 0.0714. The summed E-state index contributed by atoms with van der Waals surface area (Å²) >= 11 is 0. The van der Waals surface area contributed by atoms with E-state index in [1.54, 1.807) is 18.3 Å². The summed E-state index contributed by atoms with van der Waals surface area (Å²) in [5.74, 6) is 1.39. The summed E-state index contributed by atoms with van der Waals surface area (Å²) in [7, 11) is 0. The molecule has 19 heavy (non-hydrogen) atoms. The first-order valence-electron chi connectivity index (χ1n) is 5.71. The van der Waals surface area contributed by atoms with Crippen molar-refractivity contribution >= 4 is 17.3 Å². The van der Waals surface area contributed by atoms with Gasteiger partial charge in [0, 0.05) is 11.3 Å². The van der Waals surface area contributed by atoms with Gasteiger partial charge in [-0.3, -0.25) is 0 Å². The van der Waals surface area contributed by atoms with Crippen LogP contribution in [0.4, 0.5) is 17.3 Å². The Bertz CT molecular complexity index is 643. The molecule has 0 amide bonds. The molecule has 0 fully saturated rings. The summed E-state index contributed by atoms with van der Waals surface area (Å²) in [6.07, 6.45) is 3.03. The zero-order valence-electron chi connectivity index (χ0n) is 10.5. The van der Waals surface area contributed by atoms with Gasteiger partial charge in [0.05, 0.1) is 11.6 Å². The van der Waals surface area contributed by atoms with E-state index in [0.29, 0.717) is 17.2 Å². The molecule has 5 nitrogen and oxygen atoms in total. The Labute approximate surface area is 111 Å². The Morgan fingerprint density at radius 3 is 2.84 bits per heavy atom. The van der Waals surface area contributed by atoms with Crippen molar-refractivity contribution in [1.29, 1.82) is 5.26 Å². The van der Waals surface area contributed by atoms with Crippen LogP contribution in [0.5, 0.6) is 0 Å². The molecule has 0 radical (unpaired) electrons. The molecule has 94 valence electrons. The number of nitrogens with zero attached hydrogens (tertiary/aromatic N) is 3. The van der Waals surface area contributed by atoms with E-state index in [1.165, 1.54) is 6.33 Å². The van der Waals surface area contributed by atoms with Gasteiger partial charge in [0.2, 0.25) is 0 Å². The van der Waals surface area contributed by atoms with Crippen LogP contribution in [-0.2, 0) is 0 Å². The lowest BCUT2D eigenvalue weighted by molar-refractivity contribution is 1.13. The Morgan fingerprint density at radius 2 is 2.11 bits per heavy atom. The highest BCUT2D eigenvalue weighted by Gasteiger charge is 2.06. The zero-order chi connectivity index (χ0) is 13.7. The highest BCUT2D eigenvalue weighted by molar-refractivity contribution is 5.65. The fourth-order valence-electron chi connectivity index (χ4n) is 1.62. The molecule has 0 aliphatic carbocycles. The number of benzene rings is 1. The summed E-state index contributed by atoms with van der Waals surface area (Å²) in [6.45, 7) is 5.51. The summed E-state index contributed by atoms with van der Waals surface area (Å²) in [6, 6.07) is 9.32. The zero-order valence-corrected chi connectivity index (χ0v) is 10.5. The molecule has 1 heterocycles. The van der Waals surface area contributed by atoms with Crippen molar-refractivity contribution in [3.63, 3.8) is 0 Å². The van der Waals surface area contributed by atoms with Gasteiger partial charge in [0.25, 0.3) is 0 Å². The standard InChI is InChI=1S/C14H13N5/c1-3-16-13-10(2)14(18-9-17-13)19-12-6-4-5-11(7-12)8-15/h3-7,9H,1H2,2H3,(H2,16,17,18,19). The molecule has 0 bridgehead atoms. The maximum atomic E-state index is 8.87. The molecule has 1 aromatic carbocycles. The largest absolute Gasteiger partial charge is 0.347 e. The molecule has 5 heteroatoms. The third kappa shape index (κ3) is 2.87. The first-order valence-corrected chi connectivity index (χ1v) is 5.71. The number of hydrogen-bond acceptors (Lipinski definition) is 5. The molecule has 0 unspecified atom stereocenters. The second-order valence-electron chi connectivity index (χ2n) is 3.86. The van der Waals surface area contributed by atoms with Crippen LogP contribution in [0.1, 0.15) is 11.1 Å². The molecular formula is C14H13N5. The quantitative estimate of drug-likeness (QED) is 0.873. The van der Waals surface area contributed by atoms with E-state index < -0.39 is 0 Å². The maximum absolute atomic E-state index is 8.87. The van der Waals surface area contributed by atoms with Crippen molar-refractivity contribution in [3.8, 4) is 6.07 Å². The molecular weight excluding hydrogens is 238 g/mol. The van der Waals surface area contributed by atoms with Crippen molar-refractivity contribution in [2.45, 2.75) is 6.92 Å². The van der Waals surface area contributed by atoms with E-state index in [2.05, 4.69) is 33.2 Å². The SMILES string of the molecule is C=CNc1ncnc(Nc2cccc(C#N)c2)c1C. The molecule has 0 aliphatic heterocycles. The minimum atomic E-state index is 0.598. The van der Waals surface area contributed by atoms with E-state index in [-0.39, 0.29) is 0 Å². The van der Waals surface area contributed by atoms with E-state index >= 15 is 0 Å². The summed E-state index contributed by atoms with van der Waals surface area (Å²) < 4.78 is 0. The number of anilines is 3. The summed E-state index contributed by atoms with van der Waals surface area (Å²) in [5, 5.41) is 15.0. The van der Waals surface area contributed by atoms with Crippen LogP contribution in [0.2, 0.25) is 0 Å². The third-order valence-corrected chi connectivity index (χ3v) is 2.58. The number of nitriles is 1. The molecule has 2 N–H and O–H groups in total. The number of nitrogens with one attached hydrogen (secondary N) is 2. The lowest BCUT2D eigenvalue weighted by Crippen LogP contribution is -2.02. The normalized spacial score (nSPS) is 9.47. The molecule has 0 saturated carbocycles. The summed E-state index contributed by atoms with van der Waals surface area (Å²) in [5.41, 5.74) is 2.29. The predicted molar refractivity (Wildman–Crippen MR) is 75.0 cm³/mol. The van der Waals surface area contributed by atoms with Crippen LogP contribution >= 0.6 is 0 Å². The lowest BCUT2D eigenvalue weighted by atomic mass is 10.2. The predicted octanol–water partition coefficient (Wildman–Crippen LogP) is 2.96. The van der Waals surface area contributed by atoms with Crippen LogP contribution in [0.3, 0.4) is 0 Å². The van der Waals surface area contributed by atoms with Crippen LogP contribution in [0.25, 0.3) is 0 Å². The van der Waals surface area contributed by atoms with Gasteiger partial charge in [-0.1, -0.05) is 12.6 Å². The molecule has 2 aromatic rings. The van der Waals surface area contributed by atoms with Crippen molar-refractivity contribution in [3.05, 3.63) is 54.5 Å². The van der Waals surface area contributed by atoms with Crippen molar-refractivity contribution in [2.75, 3.05) is 10.6 Å². The minimum absolute atomic E-state index is 0.598. The van der Waals surface area contributed by atoms with Gasteiger partial charge in [-0.2, -0.15) is 5.26 Å². The van der Waals surface area contributed by atoms with Gasteiger partial charge in [-0.25, -0.2) is 9.97 Å². The highest BCUT2D eigenvalue weighted by Crippen LogP contribution is 2.22. The van der Waals surface area contributed by atoms with Gasteiger partial charge in [0.1, 0.15) is 18.0 Å². The molecule has 0 atom stereocenters. The Balaban J connectivity index is 2.30. The lowest BCUT2D eigenvalue weighted by Gasteiger charge is -2.11. The topological polar surface area (TPSA) is 73.6 Å². The highest BCUT2D eigenvalue weighted by atomic mass is 15.1. The first kappa shape index (κ1) is 12.6. The molecule has 0 spiro atoms. The number of aromatic nitrogens is 2. The van der Waals surface area contributed by atoms with E-state index in [9.17, 15) is 0 Å². The average Bonchev–Trinajstić information content (AvgIpc) is 2.44. The molecule has 0 aliphatic rings. The molecule has 0 saturated heterocycles. The Kier molecular flexibility index (Phi) is 3.74. The number of hydrogen-bond donors (Lipinski definition) is 2. The van der Waals surface area contributed by atoms with E-state index in [4.69, 9.17) is 5.26 Å². The average molecular weight is 251 g/mol. The third-order valence-electron chi connectivity index (χ3n) is 2.58. The van der Waals surface area contributed by atoms with Gasteiger partial charge in [-0.05, 0) is 31.3 Å². The van der Waals surface area contributed by atoms with Crippen molar-refractivity contribution < 1.29 is 0 Å². The van der Waals surface area contributed by atoms with Gasteiger partial charge in [-0.15, -0.1) is 0 Å². The van der Waals surface area contributed by atoms with Crippen LogP contribution in [0, 0.1) is 18.3 Å². The van der Waals surface area contributed by atoms with Crippen LogP contribution in [-0.4, -0.2) is 9.97 Å². The van der Waals surface area contributed by atoms with Gasteiger partial charge < -0.3 is 10.6 Å². The van der Waals surface area contributed by atoms with Crippen molar-refractivity contribution in [2.24, 2.45) is 0 Å². The molecule has 2 rings (SSSR count). The van der Waals surface area contributed by atoms with Crippen molar-refractivity contribution in [1.82, 2.24) is 9.97 Å². The summed E-state index contributed by atoms with van der Waals surface area (Å²) in [4.78, 5) is 8.31. The van der Waals surface area contributed by atoms with Gasteiger partial charge >= 0.3 is 0 Å². The maximum Gasteiger partial charge on any atom is 0.138 e. The second kappa shape index (κ2) is 5.65. The smallest absolute Gasteiger partial charge is 0.138 e. The minimum Gasteiger partial charge on any atom is -0.347 e. The molecule has 1 aromatic heterocycles. The van der Waals surface area contributed by atoms with E-state index in [1.807, 2.05) is 19.1 Å². The fourth-order valence-corrected chi connectivity index (χ4v) is 1.62. The second-order valence-corrected chi connectivity index (χ2v) is 3.86. The Hall–Kier alpha value is -2.87. The van der Waals surface area contributed by atoms with Crippen LogP contribution in [0.15, 0.2) is 43.4 Å². The Morgan fingerprint density at radius 1 is 1.32 bits per heavy atom. The van der Waals surface area contributed by atoms with Gasteiger partial charge in [0.15, 0.2) is 0 Å². The van der Waals surface area contributed by atoms with E-state index in [0.717, 1.165) is 11.3 Å². The first-order chi connectivity index (χ1) is 9.24. The van der Waals surface area contributed by atoms with Crippen LogP contribution < -0.4 is 10.6 Å².